The van der Waals surface area contributed by atoms with E-state index in [-0.39, 0.29) is 31.1 Å². The van der Waals surface area contributed by atoms with Gasteiger partial charge in [0.15, 0.2) is 6.10 Å². The van der Waals surface area contributed by atoms with Gasteiger partial charge in [-0.3, -0.25) is 14.4 Å². The summed E-state index contributed by atoms with van der Waals surface area (Å²) in [6, 6.07) is 0. The second kappa shape index (κ2) is 67.6. The fourth-order valence-corrected chi connectivity index (χ4v) is 9.40. The van der Waals surface area contributed by atoms with E-state index in [1.165, 1.54) is 148 Å². The molecule has 0 aliphatic rings. The molecule has 0 aliphatic heterocycles. The van der Waals surface area contributed by atoms with Gasteiger partial charge in [0, 0.05) is 19.3 Å². The lowest BCUT2D eigenvalue weighted by atomic mass is 10.0. The van der Waals surface area contributed by atoms with Crippen LogP contribution in [0.1, 0.15) is 323 Å². The third kappa shape index (κ3) is 64.9. The Morgan fingerprint density at radius 3 is 0.800 bits per heavy atom. The molecule has 0 radical (unpaired) electrons. The molecule has 0 bridgehead atoms. The number of ether oxygens (including phenoxy) is 3. The number of unbranched alkanes of at least 4 members (excludes halogenated alkanes) is 32. The molecule has 0 heterocycles. The number of allylic oxidation sites excluding steroid dienone is 18. The minimum atomic E-state index is -0.793. The van der Waals surface area contributed by atoms with Gasteiger partial charge in [-0.1, -0.05) is 291 Å². The first kappa shape index (κ1) is 76.1. The van der Waals surface area contributed by atoms with Crippen LogP contribution < -0.4 is 0 Å². The zero-order chi connectivity index (χ0) is 57.8. The third-order valence-corrected chi connectivity index (χ3v) is 14.5. The standard InChI is InChI=1S/C74H126O6/c1-4-7-10-13-16-19-22-25-28-30-32-33-34-35-36-37-38-39-40-41-43-44-46-49-52-55-58-61-64-67-73(76)79-70-71(69-78-72(75)66-63-60-57-54-51-48-27-24-21-18-15-12-9-6-3)80-74(77)68-65-62-59-56-53-50-47-45-42-31-29-26-23-20-17-14-11-8-5-2/h7,10,15-20,24-29,32-33,42,45,71H,4-6,8-9,11-14,21-23,30-31,34-41,43-44,46-70H2,1-3H3/b10-7-,18-15-,19-16-,20-17-,27-24-,28-25-,29-26-,33-32-,45-42-. The number of rotatable bonds is 61. The molecule has 0 aromatic rings. The highest BCUT2D eigenvalue weighted by Crippen LogP contribution is 2.17. The fraction of sp³-hybridized carbons (Fsp3) is 0.716. The van der Waals surface area contributed by atoms with Gasteiger partial charge in [-0.05, 0) is 122 Å². The zero-order valence-corrected chi connectivity index (χ0v) is 52.6. The number of carbonyl (C=O) groups is 3. The highest BCUT2D eigenvalue weighted by Gasteiger charge is 2.19. The van der Waals surface area contributed by atoms with Crippen molar-refractivity contribution in [2.75, 3.05) is 13.2 Å². The predicted octanol–water partition coefficient (Wildman–Crippen LogP) is 23.4. The molecule has 0 aliphatic carbocycles. The summed E-state index contributed by atoms with van der Waals surface area (Å²) in [6.45, 7) is 6.46. The summed E-state index contributed by atoms with van der Waals surface area (Å²) in [7, 11) is 0. The second-order valence-electron chi connectivity index (χ2n) is 22.3. The van der Waals surface area contributed by atoms with E-state index in [1.54, 1.807) is 0 Å². The molecule has 6 nitrogen and oxygen atoms in total. The van der Waals surface area contributed by atoms with Crippen molar-refractivity contribution in [1.82, 2.24) is 0 Å². The van der Waals surface area contributed by atoms with Crippen molar-refractivity contribution in [2.24, 2.45) is 0 Å². The molecule has 0 aromatic carbocycles. The van der Waals surface area contributed by atoms with E-state index in [4.69, 9.17) is 14.2 Å². The van der Waals surface area contributed by atoms with Gasteiger partial charge >= 0.3 is 17.9 Å². The first-order valence-electron chi connectivity index (χ1n) is 33.9. The molecule has 80 heavy (non-hydrogen) atoms. The van der Waals surface area contributed by atoms with E-state index < -0.39 is 6.10 Å². The van der Waals surface area contributed by atoms with Gasteiger partial charge in [-0.15, -0.1) is 0 Å². The maximum absolute atomic E-state index is 12.9. The van der Waals surface area contributed by atoms with Crippen molar-refractivity contribution in [2.45, 2.75) is 329 Å². The Bertz CT molecular complexity index is 1610. The minimum absolute atomic E-state index is 0.0868. The Hall–Kier alpha value is -3.93. The third-order valence-electron chi connectivity index (χ3n) is 14.5. The molecular weight excluding hydrogens is 985 g/mol. The van der Waals surface area contributed by atoms with Crippen LogP contribution in [-0.2, 0) is 28.6 Å². The van der Waals surface area contributed by atoms with Gasteiger partial charge in [0.05, 0.1) is 0 Å². The highest BCUT2D eigenvalue weighted by molar-refractivity contribution is 5.71. The van der Waals surface area contributed by atoms with Crippen molar-refractivity contribution < 1.29 is 28.6 Å². The van der Waals surface area contributed by atoms with Gasteiger partial charge in [0.25, 0.3) is 0 Å². The lowest BCUT2D eigenvalue weighted by Gasteiger charge is -2.18. The van der Waals surface area contributed by atoms with Gasteiger partial charge in [-0.2, -0.15) is 0 Å². The van der Waals surface area contributed by atoms with Crippen LogP contribution in [0.5, 0.6) is 0 Å². The van der Waals surface area contributed by atoms with Crippen LogP contribution in [-0.4, -0.2) is 37.2 Å². The minimum Gasteiger partial charge on any atom is -0.462 e. The Balaban J connectivity index is 4.29. The second-order valence-corrected chi connectivity index (χ2v) is 22.3. The number of carbonyl (C=O) groups excluding carboxylic acids is 3. The Morgan fingerprint density at radius 2 is 0.500 bits per heavy atom. The van der Waals surface area contributed by atoms with Crippen LogP contribution in [0.3, 0.4) is 0 Å². The topological polar surface area (TPSA) is 78.9 Å². The molecule has 0 aromatic heterocycles. The maximum Gasteiger partial charge on any atom is 0.306 e. The molecule has 458 valence electrons. The fourth-order valence-electron chi connectivity index (χ4n) is 9.40. The summed E-state index contributed by atoms with van der Waals surface area (Å²) >= 11 is 0. The van der Waals surface area contributed by atoms with Crippen LogP contribution in [0.2, 0.25) is 0 Å². The van der Waals surface area contributed by atoms with Crippen molar-refractivity contribution in [3.8, 4) is 0 Å². The van der Waals surface area contributed by atoms with E-state index in [0.29, 0.717) is 19.3 Å². The molecule has 0 saturated heterocycles. The Kier molecular flexibility index (Phi) is 64.3. The first-order valence-corrected chi connectivity index (χ1v) is 33.9. The smallest absolute Gasteiger partial charge is 0.306 e. The zero-order valence-electron chi connectivity index (χ0n) is 52.6. The van der Waals surface area contributed by atoms with Crippen LogP contribution >= 0.6 is 0 Å². The van der Waals surface area contributed by atoms with Crippen molar-refractivity contribution in [3.05, 3.63) is 109 Å². The van der Waals surface area contributed by atoms with E-state index in [0.717, 1.165) is 135 Å². The Morgan fingerprint density at radius 1 is 0.263 bits per heavy atom. The molecule has 0 rings (SSSR count). The molecule has 6 heteroatoms. The quantitative estimate of drug-likeness (QED) is 0.0261. The van der Waals surface area contributed by atoms with Crippen molar-refractivity contribution >= 4 is 17.9 Å². The number of hydrogen-bond acceptors (Lipinski definition) is 6. The molecular formula is C74H126O6. The number of hydrogen-bond donors (Lipinski definition) is 0. The Labute approximate surface area is 495 Å². The monoisotopic (exact) mass is 1110 g/mol. The summed E-state index contributed by atoms with van der Waals surface area (Å²) in [5.41, 5.74) is 0. The van der Waals surface area contributed by atoms with Crippen molar-refractivity contribution in [3.63, 3.8) is 0 Å². The van der Waals surface area contributed by atoms with E-state index >= 15 is 0 Å². The van der Waals surface area contributed by atoms with Crippen LogP contribution in [0.4, 0.5) is 0 Å². The largest absolute Gasteiger partial charge is 0.462 e. The average Bonchev–Trinajstić information content (AvgIpc) is 3.46. The summed E-state index contributed by atoms with van der Waals surface area (Å²) in [4.78, 5) is 38.4. The first-order chi connectivity index (χ1) is 39.5. The van der Waals surface area contributed by atoms with E-state index in [9.17, 15) is 14.4 Å². The van der Waals surface area contributed by atoms with Crippen molar-refractivity contribution in [1.29, 1.82) is 0 Å². The number of esters is 3. The molecule has 0 spiro atoms. The van der Waals surface area contributed by atoms with Gasteiger partial charge in [0.1, 0.15) is 13.2 Å². The average molecular weight is 1110 g/mol. The normalized spacial score (nSPS) is 12.8. The molecule has 0 amide bonds. The predicted molar refractivity (Wildman–Crippen MR) is 348 cm³/mol. The van der Waals surface area contributed by atoms with E-state index in [1.807, 2.05) is 0 Å². The van der Waals surface area contributed by atoms with Crippen LogP contribution in [0, 0.1) is 0 Å². The van der Waals surface area contributed by atoms with E-state index in [2.05, 4.69) is 130 Å². The molecule has 0 saturated carbocycles. The summed E-state index contributed by atoms with van der Waals surface area (Å²) in [5, 5.41) is 0. The van der Waals surface area contributed by atoms with Crippen LogP contribution in [0.15, 0.2) is 109 Å². The highest BCUT2D eigenvalue weighted by atomic mass is 16.6. The molecule has 1 unspecified atom stereocenters. The molecule has 0 N–H and O–H groups in total. The summed E-state index contributed by atoms with van der Waals surface area (Å²) in [6.07, 6.45) is 92.5. The molecule has 1 atom stereocenters. The summed E-state index contributed by atoms with van der Waals surface area (Å²) < 4.78 is 16.9. The van der Waals surface area contributed by atoms with Gasteiger partial charge in [-0.25, -0.2) is 0 Å². The van der Waals surface area contributed by atoms with Crippen LogP contribution in [0.25, 0.3) is 0 Å². The SMILES string of the molecule is CC/C=C\C/C=C\C/C=C\C/C=C\CCCCCCCCCCCCCCCCCCC(=O)OCC(COC(=O)CCCCCCC/C=C\C/C=C\CCCC)OC(=O)CCCCCCCC/C=C\C/C=C\C/C=C\CCCCC. The lowest BCUT2D eigenvalue weighted by molar-refractivity contribution is -0.167. The maximum atomic E-state index is 12.9. The van der Waals surface area contributed by atoms with Gasteiger partial charge < -0.3 is 14.2 Å². The molecule has 0 fully saturated rings. The lowest BCUT2D eigenvalue weighted by Crippen LogP contribution is -2.30. The summed E-state index contributed by atoms with van der Waals surface area (Å²) in [5.74, 6) is -0.903. The van der Waals surface area contributed by atoms with Gasteiger partial charge in [0.2, 0.25) is 0 Å².